The number of rotatable bonds is 1. The van der Waals surface area contributed by atoms with Crippen molar-refractivity contribution in [1.29, 1.82) is 0 Å². The van der Waals surface area contributed by atoms with Gasteiger partial charge in [0.05, 0.1) is 18.8 Å². The molecular formula is C13H19N3O. The summed E-state index contributed by atoms with van der Waals surface area (Å²) in [6, 6.07) is 6.13. The van der Waals surface area contributed by atoms with Gasteiger partial charge in [-0.25, -0.2) is 4.99 Å². The Morgan fingerprint density at radius 1 is 1.29 bits per heavy atom. The third kappa shape index (κ3) is 3.20. The molecule has 0 spiro atoms. The van der Waals surface area contributed by atoms with Gasteiger partial charge in [0.15, 0.2) is 5.96 Å². The highest BCUT2D eigenvalue weighted by Crippen LogP contribution is 2.23. The molecule has 4 heteroatoms. The van der Waals surface area contributed by atoms with E-state index in [1.807, 2.05) is 26.8 Å². The molecule has 0 saturated heterocycles. The van der Waals surface area contributed by atoms with Crippen LogP contribution in [0.4, 0.5) is 5.69 Å². The van der Waals surface area contributed by atoms with E-state index in [0.29, 0.717) is 19.2 Å². The van der Waals surface area contributed by atoms with Crippen molar-refractivity contribution >= 4 is 11.6 Å². The fraction of sp³-hybridized carbons (Fsp3) is 0.462. The van der Waals surface area contributed by atoms with Crippen LogP contribution < -0.4 is 11.1 Å². The summed E-state index contributed by atoms with van der Waals surface area (Å²) < 4.78 is 5.37. The Labute approximate surface area is 102 Å². The number of hydrogen-bond acceptors (Lipinski definition) is 2. The molecule has 0 bridgehead atoms. The third-order valence-electron chi connectivity index (χ3n) is 2.45. The second-order valence-electron chi connectivity index (χ2n) is 5.27. The molecule has 0 unspecified atom stereocenters. The molecule has 4 nitrogen and oxygen atoms in total. The molecule has 0 fully saturated rings. The number of nitrogens with one attached hydrogen (secondary N) is 1. The number of benzene rings is 1. The lowest BCUT2D eigenvalue weighted by molar-refractivity contribution is 0.134. The second-order valence-corrected chi connectivity index (χ2v) is 5.27. The molecule has 0 amide bonds. The number of aliphatic imine (C=N–C) groups is 1. The average molecular weight is 233 g/mol. The minimum Gasteiger partial charge on any atom is -0.372 e. The first-order valence-corrected chi connectivity index (χ1v) is 5.76. The van der Waals surface area contributed by atoms with E-state index in [1.54, 1.807) is 0 Å². The Morgan fingerprint density at radius 3 is 2.71 bits per heavy atom. The molecule has 1 heterocycles. The van der Waals surface area contributed by atoms with Crippen molar-refractivity contribution in [3.63, 3.8) is 0 Å². The van der Waals surface area contributed by atoms with Gasteiger partial charge in [0.2, 0.25) is 0 Å². The summed E-state index contributed by atoms with van der Waals surface area (Å²) in [5, 5.41) is 3.10. The first-order chi connectivity index (χ1) is 7.94. The molecule has 1 aliphatic heterocycles. The van der Waals surface area contributed by atoms with Crippen LogP contribution in [-0.4, -0.2) is 11.5 Å². The van der Waals surface area contributed by atoms with Gasteiger partial charge in [-0.3, -0.25) is 0 Å². The molecule has 0 atom stereocenters. The molecular weight excluding hydrogens is 214 g/mol. The highest BCUT2D eigenvalue weighted by Gasteiger charge is 2.12. The monoisotopic (exact) mass is 233 g/mol. The number of nitrogens with zero attached hydrogens (tertiary/aromatic N) is 1. The van der Waals surface area contributed by atoms with E-state index >= 15 is 0 Å². The van der Waals surface area contributed by atoms with Crippen molar-refractivity contribution in [3.05, 3.63) is 29.3 Å². The molecule has 92 valence electrons. The minimum atomic E-state index is -0.170. The number of nitrogens with two attached hydrogens (primary N) is 1. The van der Waals surface area contributed by atoms with Gasteiger partial charge in [-0.15, -0.1) is 0 Å². The van der Waals surface area contributed by atoms with E-state index in [1.165, 1.54) is 11.1 Å². The SMILES string of the molecule is CC(C)(C)N=C(N)Nc1ccc2c(c1)COC2. The molecule has 1 aromatic carbocycles. The maximum absolute atomic E-state index is 5.84. The number of hydrogen-bond donors (Lipinski definition) is 2. The normalized spacial score (nSPS) is 15.8. The zero-order valence-electron chi connectivity index (χ0n) is 10.6. The maximum atomic E-state index is 5.84. The van der Waals surface area contributed by atoms with Crippen LogP contribution in [-0.2, 0) is 18.0 Å². The van der Waals surface area contributed by atoms with Crippen LogP contribution in [0.15, 0.2) is 23.2 Å². The van der Waals surface area contributed by atoms with Gasteiger partial charge in [-0.05, 0) is 44.0 Å². The molecule has 0 radical (unpaired) electrons. The molecule has 1 aromatic rings. The van der Waals surface area contributed by atoms with E-state index in [-0.39, 0.29) is 5.54 Å². The second kappa shape index (κ2) is 4.37. The van der Waals surface area contributed by atoms with Crippen LogP contribution in [0.25, 0.3) is 0 Å². The summed E-state index contributed by atoms with van der Waals surface area (Å²) in [6.45, 7) is 7.43. The zero-order chi connectivity index (χ0) is 12.5. The molecule has 0 aromatic heterocycles. The van der Waals surface area contributed by atoms with Gasteiger partial charge in [-0.1, -0.05) is 6.07 Å². The van der Waals surface area contributed by atoms with E-state index in [9.17, 15) is 0 Å². The first-order valence-electron chi connectivity index (χ1n) is 5.76. The van der Waals surface area contributed by atoms with Crippen LogP contribution in [0, 0.1) is 0 Å². The Bertz CT molecular complexity index is 446. The zero-order valence-corrected chi connectivity index (χ0v) is 10.6. The van der Waals surface area contributed by atoms with Crippen molar-refractivity contribution in [2.75, 3.05) is 5.32 Å². The van der Waals surface area contributed by atoms with Gasteiger partial charge in [-0.2, -0.15) is 0 Å². The standard InChI is InChI=1S/C13H19N3O/c1-13(2,3)16-12(14)15-11-5-4-9-7-17-8-10(9)6-11/h4-6H,7-8H2,1-3H3,(H3,14,15,16). The summed E-state index contributed by atoms with van der Waals surface area (Å²) in [5.41, 5.74) is 9.11. The van der Waals surface area contributed by atoms with Crippen LogP contribution in [0.5, 0.6) is 0 Å². The summed E-state index contributed by atoms with van der Waals surface area (Å²) in [7, 11) is 0. The number of guanidine groups is 1. The summed E-state index contributed by atoms with van der Waals surface area (Å²) in [5.74, 6) is 0.441. The number of anilines is 1. The molecule has 2 rings (SSSR count). The predicted octanol–water partition coefficient (Wildman–Crippen LogP) is 2.24. The van der Waals surface area contributed by atoms with Crippen molar-refractivity contribution in [2.24, 2.45) is 10.7 Å². The molecule has 0 saturated carbocycles. The van der Waals surface area contributed by atoms with E-state index in [4.69, 9.17) is 10.5 Å². The summed E-state index contributed by atoms with van der Waals surface area (Å²) in [4.78, 5) is 4.35. The maximum Gasteiger partial charge on any atom is 0.193 e. The Balaban J connectivity index is 2.12. The lowest BCUT2D eigenvalue weighted by atomic mass is 10.1. The van der Waals surface area contributed by atoms with Crippen molar-refractivity contribution in [1.82, 2.24) is 0 Å². The first kappa shape index (κ1) is 11.9. The predicted molar refractivity (Wildman–Crippen MR) is 69.9 cm³/mol. The van der Waals surface area contributed by atoms with Crippen LogP contribution in [0.3, 0.4) is 0 Å². The third-order valence-corrected chi connectivity index (χ3v) is 2.45. The largest absolute Gasteiger partial charge is 0.372 e. The topological polar surface area (TPSA) is 59.6 Å². The van der Waals surface area contributed by atoms with Gasteiger partial charge in [0, 0.05) is 5.69 Å². The van der Waals surface area contributed by atoms with Crippen LogP contribution in [0.2, 0.25) is 0 Å². The van der Waals surface area contributed by atoms with E-state index < -0.39 is 0 Å². The lowest BCUT2D eigenvalue weighted by Gasteiger charge is -2.14. The quantitative estimate of drug-likeness (QED) is 0.577. The van der Waals surface area contributed by atoms with Crippen LogP contribution >= 0.6 is 0 Å². The lowest BCUT2D eigenvalue weighted by Crippen LogP contribution is -2.27. The van der Waals surface area contributed by atoms with Crippen LogP contribution in [0.1, 0.15) is 31.9 Å². The Morgan fingerprint density at radius 2 is 2.00 bits per heavy atom. The highest BCUT2D eigenvalue weighted by atomic mass is 16.5. The highest BCUT2D eigenvalue weighted by molar-refractivity contribution is 5.92. The summed E-state index contributed by atoms with van der Waals surface area (Å²) >= 11 is 0. The van der Waals surface area contributed by atoms with Gasteiger partial charge in [0.25, 0.3) is 0 Å². The van der Waals surface area contributed by atoms with E-state index in [0.717, 1.165) is 5.69 Å². The Hall–Kier alpha value is -1.55. The van der Waals surface area contributed by atoms with Gasteiger partial charge in [0.1, 0.15) is 0 Å². The number of ether oxygens (including phenoxy) is 1. The molecule has 1 aliphatic rings. The fourth-order valence-corrected chi connectivity index (χ4v) is 1.79. The average Bonchev–Trinajstić information content (AvgIpc) is 2.61. The summed E-state index contributed by atoms with van der Waals surface area (Å²) in [6.07, 6.45) is 0. The molecule has 0 aliphatic carbocycles. The fourth-order valence-electron chi connectivity index (χ4n) is 1.79. The molecule has 3 N–H and O–H groups in total. The van der Waals surface area contributed by atoms with Crippen molar-refractivity contribution < 1.29 is 4.74 Å². The van der Waals surface area contributed by atoms with Gasteiger partial charge < -0.3 is 15.8 Å². The van der Waals surface area contributed by atoms with E-state index in [2.05, 4.69) is 22.4 Å². The van der Waals surface area contributed by atoms with Crippen molar-refractivity contribution in [3.8, 4) is 0 Å². The minimum absolute atomic E-state index is 0.170. The smallest absolute Gasteiger partial charge is 0.193 e. The van der Waals surface area contributed by atoms with Crippen molar-refractivity contribution in [2.45, 2.75) is 39.5 Å². The molecule has 17 heavy (non-hydrogen) atoms. The number of fused-ring (bicyclic) bond motifs is 1. The Kier molecular flexibility index (Phi) is 3.07. The van der Waals surface area contributed by atoms with Gasteiger partial charge >= 0.3 is 0 Å².